The third kappa shape index (κ3) is 2.82. The lowest BCUT2D eigenvalue weighted by atomic mass is 9.99. The van der Waals surface area contributed by atoms with E-state index in [0.29, 0.717) is 0 Å². The van der Waals surface area contributed by atoms with E-state index in [0.717, 1.165) is 26.1 Å². The standard InChI is InChI=1S/C21H22N2/c1-16-6-5-9-18(12-16)20-15-23(14-17-7-3-2-4-8-17)21-10-11-22-13-19(20)21/h2-9,12,15,22H,10-11,13-14H2,1H3. The quantitative estimate of drug-likeness (QED) is 0.769. The molecule has 0 atom stereocenters. The average molecular weight is 302 g/mol. The highest BCUT2D eigenvalue weighted by atomic mass is 15.0. The molecule has 0 bridgehead atoms. The first-order valence-corrected chi connectivity index (χ1v) is 8.34. The van der Waals surface area contributed by atoms with Crippen LogP contribution in [0.3, 0.4) is 0 Å². The fourth-order valence-corrected chi connectivity index (χ4v) is 3.53. The predicted octanol–water partition coefficient (Wildman–Crippen LogP) is 4.16. The van der Waals surface area contributed by atoms with E-state index >= 15 is 0 Å². The molecule has 1 aliphatic rings. The van der Waals surface area contributed by atoms with Crippen molar-refractivity contribution in [2.24, 2.45) is 0 Å². The summed E-state index contributed by atoms with van der Waals surface area (Å²) in [6, 6.07) is 19.6. The van der Waals surface area contributed by atoms with E-state index in [4.69, 9.17) is 0 Å². The fourth-order valence-electron chi connectivity index (χ4n) is 3.53. The number of fused-ring (bicyclic) bond motifs is 1. The van der Waals surface area contributed by atoms with Crippen LogP contribution in [-0.2, 0) is 19.5 Å². The highest BCUT2D eigenvalue weighted by Gasteiger charge is 2.19. The van der Waals surface area contributed by atoms with Crippen LogP contribution in [-0.4, -0.2) is 11.1 Å². The van der Waals surface area contributed by atoms with E-state index in [1.165, 1.54) is 33.5 Å². The number of aryl methyl sites for hydroxylation is 1. The van der Waals surface area contributed by atoms with Gasteiger partial charge in [0.25, 0.3) is 0 Å². The number of aromatic nitrogens is 1. The molecule has 0 saturated carbocycles. The zero-order valence-corrected chi connectivity index (χ0v) is 13.5. The van der Waals surface area contributed by atoms with E-state index in [1.54, 1.807) is 0 Å². The molecule has 0 saturated heterocycles. The maximum absolute atomic E-state index is 3.53. The van der Waals surface area contributed by atoms with Gasteiger partial charge in [0.1, 0.15) is 0 Å². The average Bonchev–Trinajstić information content (AvgIpc) is 2.95. The molecule has 4 rings (SSSR count). The highest BCUT2D eigenvalue weighted by Crippen LogP contribution is 2.31. The molecule has 23 heavy (non-hydrogen) atoms. The highest BCUT2D eigenvalue weighted by molar-refractivity contribution is 5.69. The van der Waals surface area contributed by atoms with Gasteiger partial charge in [0.2, 0.25) is 0 Å². The summed E-state index contributed by atoms with van der Waals surface area (Å²) in [7, 11) is 0. The molecule has 2 nitrogen and oxygen atoms in total. The molecular weight excluding hydrogens is 280 g/mol. The lowest BCUT2D eigenvalue weighted by Gasteiger charge is -2.17. The molecule has 2 heteroatoms. The van der Waals surface area contributed by atoms with Gasteiger partial charge in [-0.15, -0.1) is 0 Å². The fraction of sp³-hybridized carbons (Fsp3) is 0.238. The Hall–Kier alpha value is -2.32. The Morgan fingerprint density at radius 3 is 2.74 bits per heavy atom. The van der Waals surface area contributed by atoms with Crippen LogP contribution in [0.5, 0.6) is 0 Å². The first-order chi connectivity index (χ1) is 11.3. The Kier molecular flexibility index (Phi) is 3.76. The zero-order chi connectivity index (χ0) is 15.6. The lowest BCUT2D eigenvalue weighted by molar-refractivity contribution is 0.607. The Bertz CT molecular complexity index is 815. The van der Waals surface area contributed by atoms with Gasteiger partial charge in [-0.25, -0.2) is 0 Å². The Morgan fingerprint density at radius 1 is 1.04 bits per heavy atom. The van der Waals surface area contributed by atoms with Gasteiger partial charge < -0.3 is 9.88 Å². The molecule has 116 valence electrons. The van der Waals surface area contributed by atoms with Crippen molar-refractivity contribution in [1.29, 1.82) is 0 Å². The second-order valence-electron chi connectivity index (χ2n) is 6.38. The maximum atomic E-state index is 3.53. The predicted molar refractivity (Wildman–Crippen MR) is 95.6 cm³/mol. The van der Waals surface area contributed by atoms with Crippen molar-refractivity contribution in [2.45, 2.75) is 26.4 Å². The number of hydrogen-bond donors (Lipinski definition) is 1. The van der Waals surface area contributed by atoms with E-state index in [1.807, 2.05) is 0 Å². The molecule has 0 amide bonds. The Balaban J connectivity index is 1.78. The van der Waals surface area contributed by atoms with E-state index in [2.05, 4.69) is 77.6 Å². The molecule has 2 heterocycles. The number of hydrogen-bond acceptors (Lipinski definition) is 1. The Labute approximate surface area is 137 Å². The van der Waals surface area contributed by atoms with Crippen LogP contribution in [0.15, 0.2) is 60.8 Å². The van der Waals surface area contributed by atoms with Gasteiger partial charge in [0, 0.05) is 43.5 Å². The third-order valence-electron chi connectivity index (χ3n) is 4.67. The van der Waals surface area contributed by atoms with Crippen molar-refractivity contribution in [2.75, 3.05) is 6.54 Å². The lowest BCUT2D eigenvalue weighted by Crippen LogP contribution is -2.25. The van der Waals surface area contributed by atoms with Crippen LogP contribution in [0, 0.1) is 6.92 Å². The van der Waals surface area contributed by atoms with Crippen LogP contribution in [0.25, 0.3) is 11.1 Å². The van der Waals surface area contributed by atoms with Gasteiger partial charge in [-0.2, -0.15) is 0 Å². The largest absolute Gasteiger partial charge is 0.346 e. The van der Waals surface area contributed by atoms with Gasteiger partial charge in [-0.05, 0) is 23.6 Å². The smallest absolute Gasteiger partial charge is 0.0473 e. The van der Waals surface area contributed by atoms with Gasteiger partial charge in [0.15, 0.2) is 0 Å². The van der Waals surface area contributed by atoms with Crippen molar-refractivity contribution in [3.05, 3.63) is 83.2 Å². The van der Waals surface area contributed by atoms with Crippen LogP contribution in [0.1, 0.15) is 22.4 Å². The van der Waals surface area contributed by atoms with Crippen LogP contribution < -0.4 is 5.32 Å². The summed E-state index contributed by atoms with van der Waals surface area (Å²) in [5.41, 5.74) is 8.35. The number of benzene rings is 2. The number of nitrogens with one attached hydrogen (secondary N) is 1. The molecular formula is C21H22N2. The van der Waals surface area contributed by atoms with Gasteiger partial charge >= 0.3 is 0 Å². The molecule has 1 aromatic heterocycles. The minimum Gasteiger partial charge on any atom is -0.346 e. The Morgan fingerprint density at radius 2 is 1.91 bits per heavy atom. The molecule has 3 aromatic rings. The summed E-state index contributed by atoms with van der Waals surface area (Å²) in [5.74, 6) is 0. The van der Waals surface area contributed by atoms with Crippen molar-refractivity contribution in [3.63, 3.8) is 0 Å². The molecule has 0 radical (unpaired) electrons. The van der Waals surface area contributed by atoms with E-state index in [9.17, 15) is 0 Å². The number of rotatable bonds is 3. The monoisotopic (exact) mass is 302 g/mol. The first kappa shape index (κ1) is 14.3. The SMILES string of the molecule is Cc1cccc(-c2cn(Cc3ccccc3)c3c2CNCC3)c1. The van der Waals surface area contributed by atoms with Crippen molar-refractivity contribution in [1.82, 2.24) is 9.88 Å². The molecule has 1 aliphatic heterocycles. The maximum Gasteiger partial charge on any atom is 0.0473 e. The second kappa shape index (κ2) is 6.05. The molecule has 1 N–H and O–H groups in total. The summed E-state index contributed by atoms with van der Waals surface area (Å²) >= 11 is 0. The van der Waals surface area contributed by atoms with Crippen molar-refractivity contribution in [3.8, 4) is 11.1 Å². The van der Waals surface area contributed by atoms with Crippen molar-refractivity contribution >= 4 is 0 Å². The van der Waals surface area contributed by atoms with E-state index in [-0.39, 0.29) is 0 Å². The molecule has 0 fully saturated rings. The van der Waals surface area contributed by atoms with Gasteiger partial charge in [-0.3, -0.25) is 0 Å². The van der Waals surface area contributed by atoms with Crippen LogP contribution >= 0.6 is 0 Å². The summed E-state index contributed by atoms with van der Waals surface area (Å²) in [4.78, 5) is 0. The van der Waals surface area contributed by atoms with Gasteiger partial charge in [-0.1, -0.05) is 60.2 Å². The zero-order valence-electron chi connectivity index (χ0n) is 13.5. The normalized spacial score (nSPS) is 13.8. The van der Waals surface area contributed by atoms with E-state index < -0.39 is 0 Å². The van der Waals surface area contributed by atoms with Gasteiger partial charge in [0.05, 0.1) is 0 Å². The summed E-state index contributed by atoms with van der Waals surface area (Å²) < 4.78 is 2.45. The molecule has 0 spiro atoms. The summed E-state index contributed by atoms with van der Waals surface area (Å²) in [5, 5.41) is 3.53. The minimum absolute atomic E-state index is 0.953. The molecule has 0 unspecified atom stereocenters. The molecule has 2 aromatic carbocycles. The number of nitrogens with zero attached hydrogens (tertiary/aromatic N) is 1. The first-order valence-electron chi connectivity index (χ1n) is 8.34. The van der Waals surface area contributed by atoms with Crippen LogP contribution in [0.2, 0.25) is 0 Å². The topological polar surface area (TPSA) is 17.0 Å². The van der Waals surface area contributed by atoms with Crippen LogP contribution in [0.4, 0.5) is 0 Å². The van der Waals surface area contributed by atoms with Crippen molar-refractivity contribution < 1.29 is 0 Å². The minimum atomic E-state index is 0.953. The summed E-state index contributed by atoms with van der Waals surface area (Å²) in [6.07, 6.45) is 3.45. The summed E-state index contributed by atoms with van der Waals surface area (Å²) in [6.45, 7) is 5.16. The third-order valence-corrected chi connectivity index (χ3v) is 4.67. The second-order valence-corrected chi connectivity index (χ2v) is 6.38. The molecule has 0 aliphatic carbocycles.